The van der Waals surface area contributed by atoms with E-state index >= 15 is 0 Å². The Morgan fingerprint density at radius 1 is 1.12 bits per heavy atom. The highest BCUT2D eigenvalue weighted by molar-refractivity contribution is 6.01. The Bertz CT molecular complexity index is 1130. The van der Waals surface area contributed by atoms with Crippen LogP contribution in [0.3, 0.4) is 0 Å². The highest BCUT2D eigenvalue weighted by Gasteiger charge is 2.27. The molecule has 0 fully saturated rings. The zero-order valence-corrected chi connectivity index (χ0v) is 17.9. The average molecular weight is 444 g/mol. The van der Waals surface area contributed by atoms with E-state index in [1.54, 1.807) is 39.0 Å². The summed E-state index contributed by atoms with van der Waals surface area (Å²) in [4.78, 5) is 25.4. The van der Waals surface area contributed by atoms with Crippen LogP contribution in [-0.4, -0.2) is 45.2 Å². The first-order valence-electron chi connectivity index (χ1n) is 9.72. The molecule has 0 radical (unpaired) electrons. The van der Waals surface area contributed by atoms with Gasteiger partial charge in [-0.3, -0.25) is 9.59 Å². The fourth-order valence-corrected chi connectivity index (χ4v) is 3.07. The van der Waals surface area contributed by atoms with E-state index in [2.05, 4.69) is 26.2 Å². The van der Waals surface area contributed by atoms with Crippen LogP contribution in [0.1, 0.15) is 30.0 Å². The summed E-state index contributed by atoms with van der Waals surface area (Å²) in [6.45, 7) is 5.11. The summed E-state index contributed by atoms with van der Waals surface area (Å²) in [7, 11) is 1.49. The van der Waals surface area contributed by atoms with Crippen LogP contribution < -0.4 is 15.4 Å². The van der Waals surface area contributed by atoms with Gasteiger partial charge >= 0.3 is 0 Å². The number of aryl methyl sites for hydroxylation is 1. The minimum absolute atomic E-state index is 0.367. The summed E-state index contributed by atoms with van der Waals surface area (Å²) >= 11 is 0. The van der Waals surface area contributed by atoms with E-state index in [9.17, 15) is 18.4 Å². The highest BCUT2D eigenvalue weighted by Crippen LogP contribution is 2.26. The maximum Gasteiger partial charge on any atom is 0.257 e. The minimum atomic E-state index is -1.05. The largest absolute Gasteiger partial charge is 0.494 e. The summed E-state index contributed by atoms with van der Waals surface area (Å²) in [6.07, 6.45) is 0. The first-order chi connectivity index (χ1) is 15.2. The fraction of sp³-hybridized carbons (Fsp3) is 0.286. The van der Waals surface area contributed by atoms with Crippen molar-refractivity contribution < 1.29 is 23.1 Å². The van der Waals surface area contributed by atoms with E-state index in [1.807, 2.05) is 0 Å². The van der Waals surface area contributed by atoms with E-state index < -0.39 is 35.1 Å². The van der Waals surface area contributed by atoms with Crippen molar-refractivity contribution in [2.45, 2.75) is 26.8 Å². The summed E-state index contributed by atoms with van der Waals surface area (Å²) in [5, 5.41) is 16.5. The number of hydrogen-bond acceptors (Lipinski definition) is 6. The molecule has 0 spiro atoms. The Kier molecular flexibility index (Phi) is 6.76. The second-order valence-corrected chi connectivity index (χ2v) is 7.31. The molecule has 0 saturated carbocycles. The highest BCUT2D eigenvalue weighted by atomic mass is 19.1. The number of tetrazole rings is 1. The van der Waals surface area contributed by atoms with Crippen molar-refractivity contribution in [1.29, 1.82) is 0 Å². The molecule has 1 atom stereocenters. The lowest BCUT2D eigenvalue weighted by molar-refractivity contribution is -0.118. The molecule has 11 heteroatoms. The van der Waals surface area contributed by atoms with Gasteiger partial charge in [-0.2, -0.15) is 4.68 Å². The SMILES string of the molecule is COc1ccc(NC(=O)[C@@H](NC(=O)c2c(F)cccc2F)C(C)C)cc1-n1nnnc1C. The number of ether oxygens (including phenoxy) is 1. The van der Waals surface area contributed by atoms with Gasteiger partial charge in [0, 0.05) is 5.69 Å². The second kappa shape index (κ2) is 9.50. The van der Waals surface area contributed by atoms with E-state index in [0.717, 1.165) is 18.2 Å². The number of nitrogens with zero attached hydrogens (tertiary/aromatic N) is 4. The molecular weight excluding hydrogens is 422 g/mol. The number of carbonyl (C=O) groups is 2. The van der Waals surface area contributed by atoms with Crippen LogP contribution in [0.5, 0.6) is 5.75 Å². The number of nitrogens with one attached hydrogen (secondary N) is 2. The van der Waals surface area contributed by atoms with Gasteiger partial charge in [0.15, 0.2) is 5.82 Å². The molecular formula is C21H22F2N6O3. The lowest BCUT2D eigenvalue weighted by atomic mass is 10.0. The molecule has 0 unspecified atom stereocenters. The van der Waals surface area contributed by atoms with Crippen LogP contribution >= 0.6 is 0 Å². The predicted octanol–water partition coefficient (Wildman–Crippen LogP) is 2.65. The molecule has 3 aromatic rings. The third-order valence-corrected chi connectivity index (χ3v) is 4.73. The molecule has 0 bridgehead atoms. The Hall–Kier alpha value is -3.89. The zero-order valence-electron chi connectivity index (χ0n) is 17.9. The van der Waals surface area contributed by atoms with Crippen molar-refractivity contribution in [2.75, 3.05) is 12.4 Å². The zero-order chi connectivity index (χ0) is 23.4. The Balaban J connectivity index is 1.84. The van der Waals surface area contributed by atoms with Gasteiger partial charge in [0.05, 0.1) is 7.11 Å². The van der Waals surface area contributed by atoms with E-state index in [1.165, 1.54) is 11.8 Å². The average Bonchev–Trinajstić information content (AvgIpc) is 3.17. The van der Waals surface area contributed by atoms with Gasteiger partial charge in [0.25, 0.3) is 5.91 Å². The summed E-state index contributed by atoms with van der Waals surface area (Å²) in [5.41, 5.74) is 0.135. The van der Waals surface area contributed by atoms with Crippen molar-refractivity contribution in [1.82, 2.24) is 25.5 Å². The minimum Gasteiger partial charge on any atom is -0.494 e. The Labute approximate surface area is 182 Å². The molecule has 0 aliphatic carbocycles. The first-order valence-corrected chi connectivity index (χ1v) is 9.72. The third kappa shape index (κ3) is 4.71. The monoisotopic (exact) mass is 444 g/mol. The van der Waals surface area contributed by atoms with Crippen LogP contribution in [-0.2, 0) is 4.79 Å². The number of amides is 2. The Morgan fingerprint density at radius 3 is 2.38 bits per heavy atom. The van der Waals surface area contributed by atoms with Gasteiger partial charge in [-0.05, 0) is 53.6 Å². The molecule has 2 amide bonds. The number of halogens is 2. The molecule has 1 aromatic heterocycles. The van der Waals surface area contributed by atoms with Crippen LogP contribution in [0.15, 0.2) is 36.4 Å². The molecule has 3 rings (SSSR count). The summed E-state index contributed by atoms with van der Waals surface area (Å²) < 4.78 is 34.7. The van der Waals surface area contributed by atoms with Crippen LogP contribution in [0.2, 0.25) is 0 Å². The third-order valence-electron chi connectivity index (χ3n) is 4.73. The predicted molar refractivity (Wildman–Crippen MR) is 112 cm³/mol. The van der Waals surface area contributed by atoms with E-state index in [4.69, 9.17) is 4.74 Å². The van der Waals surface area contributed by atoms with Crippen molar-refractivity contribution in [3.05, 3.63) is 59.4 Å². The van der Waals surface area contributed by atoms with Gasteiger partial charge < -0.3 is 15.4 Å². The number of anilines is 1. The second-order valence-electron chi connectivity index (χ2n) is 7.31. The van der Waals surface area contributed by atoms with Gasteiger partial charge in [-0.25, -0.2) is 8.78 Å². The number of carbonyl (C=O) groups excluding carboxylic acids is 2. The van der Waals surface area contributed by atoms with Crippen molar-refractivity contribution in [3.63, 3.8) is 0 Å². The molecule has 0 aliphatic heterocycles. The molecule has 1 heterocycles. The molecule has 2 N–H and O–H groups in total. The van der Waals surface area contributed by atoms with E-state index in [-0.39, 0.29) is 5.92 Å². The lowest BCUT2D eigenvalue weighted by Gasteiger charge is -2.22. The summed E-state index contributed by atoms with van der Waals surface area (Å²) in [6, 6.07) is 6.89. The standard InChI is InChI=1S/C21H22F2N6O3/c1-11(2)19(25-20(30)18-14(22)6-5-7-15(18)23)21(31)24-13-8-9-17(32-4)16(10-13)29-12(3)26-27-28-29/h5-11,19H,1-4H3,(H,24,31)(H,25,30)/t19-/m0/s1. The van der Waals surface area contributed by atoms with Crippen molar-refractivity contribution in [3.8, 4) is 11.4 Å². The molecule has 9 nitrogen and oxygen atoms in total. The maximum absolute atomic E-state index is 14.0. The van der Waals surface area contributed by atoms with Gasteiger partial charge in [-0.15, -0.1) is 5.10 Å². The number of hydrogen-bond donors (Lipinski definition) is 2. The van der Waals surface area contributed by atoms with Gasteiger partial charge in [0.2, 0.25) is 5.91 Å². The molecule has 0 saturated heterocycles. The first kappa shape index (κ1) is 22.8. The van der Waals surface area contributed by atoms with Crippen molar-refractivity contribution in [2.24, 2.45) is 5.92 Å². The molecule has 0 aliphatic rings. The smallest absolute Gasteiger partial charge is 0.257 e. The lowest BCUT2D eigenvalue weighted by Crippen LogP contribution is -2.47. The number of benzene rings is 2. The molecule has 168 valence electrons. The van der Waals surface area contributed by atoms with Crippen LogP contribution in [0.25, 0.3) is 5.69 Å². The maximum atomic E-state index is 14.0. The van der Waals surface area contributed by atoms with Gasteiger partial charge in [-0.1, -0.05) is 19.9 Å². The van der Waals surface area contributed by atoms with Crippen LogP contribution in [0.4, 0.5) is 14.5 Å². The van der Waals surface area contributed by atoms with Crippen molar-refractivity contribution >= 4 is 17.5 Å². The van der Waals surface area contributed by atoms with E-state index in [0.29, 0.717) is 22.9 Å². The quantitative estimate of drug-likeness (QED) is 0.580. The molecule has 32 heavy (non-hydrogen) atoms. The molecule has 2 aromatic carbocycles. The summed E-state index contributed by atoms with van der Waals surface area (Å²) in [5.74, 6) is -2.99. The number of methoxy groups -OCH3 is 1. The topological polar surface area (TPSA) is 111 Å². The normalized spacial score (nSPS) is 11.8. The number of aromatic nitrogens is 4. The number of rotatable bonds is 7. The van der Waals surface area contributed by atoms with Crippen LogP contribution in [0, 0.1) is 24.5 Å². The van der Waals surface area contributed by atoms with Gasteiger partial charge in [0.1, 0.15) is 34.7 Å². The fourth-order valence-electron chi connectivity index (χ4n) is 3.07. The Morgan fingerprint density at radius 2 is 1.81 bits per heavy atom.